The minimum atomic E-state index is -1.10. The Kier molecular flexibility index (Phi) is 6.57. The van der Waals surface area contributed by atoms with Crippen LogP contribution in [0.2, 0.25) is 0 Å². The second kappa shape index (κ2) is 9.59. The van der Waals surface area contributed by atoms with E-state index >= 15 is 0 Å². The summed E-state index contributed by atoms with van der Waals surface area (Å²) in [5, 5.41) is 21.4. The molecule has 35 heavy (non-hydrogen) atoms. The number of benzene rings is 2. The van der Waals surface area contributed by atoms with E-state index in [1.807, 2.05) is 6.92 Å². The highest BCUT2D eigenvalue weighted by molar-refractivity contribution is 7.17. The fourth-order valence-corrected chi connectivity index (χ4v) is 4.87. The number of Topliss-reactive ketones (excluding diaryl/α,β-unsaturated/α-hetero) is 1. The van der Waals surface area contributed by atoms with Crippen molar-refractivity contribution >= 4 is 39.9 Å². The summed E-state index contributed by atoms with van der Waals surface area (Å²) in [5.74, 6) is -2.47. The number of ketones is 1. The van der Waals surface area contributed by atoms with Crippen LogP contribution < -0.4 is 9.64 Å². The first kappa shape index (κ1) is 24.0. The molecule has 180 valence electrons. The number of aliphatic hydroxyl groups is 1. The van der Waals surface area contributed by atoms with E-state index in [4.69, 9.17) is 9.47 Å². The molecule has 2 N–H and O–H groups in total. The number of carbonyl (C=O) groups is 3. The van der Waals surface area contributed by atoms with Gasteiger partial charge in [0, 0.05) is 5.56 Å². The first-order chi connectivity index (χ1) is 16.8. The minimum Gasteiger partial charge on any atom is -0.508 e. The van der Waals surface area contributed by atoms with Gasteiger partial charge in [-0.15, -0.1) is 0 Å². The molecule has 0 aliphatic carbocycles. The Bertz CT molecular complexity index is 1360. The van der Waals surface area contributed by atoms with Crippen LogP contribution in [0.15, 0.2) is 54.1 Å². The lowest BCUT2D eigenvalue weighted by Crippen LogP contribution is -2.29. The normalized spacial score (nSPS) is 17.0. The summed E-state index contributed by atoms with van der Waals surface area (Å²) in [7, 11) is 1.23. The average Bonchev–Trinajstić information content (AvgIpc) is 3.35. The van der Waals surface area contributed by atoms with Crippen molar-refractivity contribution < 1.29 is 34.1 Å². The Balaban J connectivity index is 1.93. The van der Waals surface area contributed by atoms with Crippen LogP contribution in [-0.4, -0.2) is 46.6 Å². The van der Waals surface area contributed by atoms with Crippen molar-refractivity contribution in [1.82, 2.24) is 4.98 Å². The van der Waals surface area contributed by atoms with E-state index in [1.165, 1.54) is 19.2 Å². The Morgan fingerprint density at radius 1 is 1.17 bits per heavy atom. The molecule has 1 aromatic heterocycles. The number of methoxy groups -OCH3 is 1. The van der Waals surface area contributed by atoms with Gasteiger partial charge in [-0.1, -0.05) is 35.6 Å². The van der Waals surface area contributed by atoms with Crippen LogP contribution in [-0.2, 0) is 14.3 Å². The third-order valence-electron chi connectivity index (χ3n) is 5.41. The number of aliphatic hydroxyl groups excluding tert-OH is 1. The van der Waals surface area contributed by atoms with Crippen LogP contribution in [0, 0.1) is 6.92 Å². The zero-order valence-electron chi connectivity index (χ0n) is 19.1. The third-order valence-corrected chi connectivity index (χ3v) is 6.55. The number of hydrogen-bond acceptors (Lipinski definition) is 9. The molecule has 2 aromatic carbocycles. The number of phenolic OH excluding ortho intramolecular Hbond substituents is 1. The molecule has 1 saturated heterocycles. The number of esters is 1. The smallest absolute Gasteiger partial charge is 0.350 e. The van der Waals surface area contributed by atoms with Crippen molar-refractivity contribution in [2.75, 3.05) is 18.6 Å². The highest BCUT2D eigenvalue weighted by Gasteiger charge is 2.48. The van der Waals surface area contributed by atoms with E-state index in [0.717, 1.165) is 16.2 Å². The number of anilines is 1. The fraction of sp³-hybridized carbons (Fsp3) is 0.200. The number of hydrogen-bond donors (Lipinski definition) is 2. The van der Waals surface area contributed by atoms with E-state index in [2.05, 4.69) is 4.98 Å². The molecule has 0 bridgehead atoms. The molecule has 4 rings (SSSR count). The molecule has 0 saturated carbocycles. The number of ether oxygens (including phenoxy) is 2. The summed E-state index contributed by atoms with van der Waals surface area (Å²) in [6, 6.07) is 11.4. The molecule has 10 heteroatoms. The van der Waals surface area contributed by atoms with Gasteiger partial charge in [-0.3, -0.25) is 14.5 Å². The Morgan fingerprint density at radius 2 is 1.91 bits per heavy atom. The van der Waals surface area contributed by atoms with E-state index in [9.17, 15) is 24.6 Å². The van der Waals surface area contributed by atoms with Gasteiger partial charge < -0.3 is 19.7 Å². The number of carbonyl (C=O) groups excluding carboxylic acids is 3. The van der Waals surface area contributed by atoms with Gasteiger partial charge in [0.15, 0.2) is 5.13 Å². The van der Waals surface area contributed by atoms with Gasteiger partial charge in [-0.05, 0) is 43.7 Å². The predicted molar refractivity (Wildman–Crippen MR) is 129 cm³/mol. The molecule has 0 radical (unpaired) electrons. The number of amides is 1. The molecule has 1 aliphatic rings. The molecule has 1 aliphatic heterocycles. The van der Waals surface area contributed by atoms with Gasteiger partial charge in [0.05, 0.1) is 31.0 Å². The lowest BCUT2D eigenvalue weighted by molar-refractivity contribution is -0.132. The number of aromatic nitrogens is 1. The average molecular weight is 495 g/mol. The molecule has 1 fully saturated rings. The summed E-state index contributed by atoms with van der Waals surface area (Å²) in [5.41, 5.74) is 0.809. The zero-order valence-corrected chi connectivity index (χ0v) is 20.0. The second-order valence-corrected chi connectivity index (χ2v) is 8.61. The quantitative estimate of drug-likeness (QED) is 0.228. The van der Waals surface area contributed by atoms with Gasteiger partial charge in [-0.2, -0.15) is 0 Å². The summed E-state index contributed by atoms with van der Waals surface area (Å²) in [6.45, 7) is 3.81. The lowest BCUT2D eigenvalue weighted by Gasteiger charge is -2.23. The molecule has 3 aromatic rings. The van der Waals surface area contributed by atoms with Gasteiger partial charge in [0.25, 0.3) is 5.78 Å². The Labute approximate surface area is 204 Å². The summed E-state index contributed by atoms with van der Waals surface area (Å²) in [6.07, 6.45) is 0. The maximum atomic E-state index is 13.2. The Morgan fingerprint density at radius 3 is 2.60 bits per heavy atom. The number of aryl methyl sites for hydroxylation is 1. The van der Waals surface area contributed by atoms with Gasteiger partial charge in [-0.25, -0.2) is 9.78 Å². The van der Waals surface area contributed by atoms with E-state index in [0.29, 0.717) is 23.6 Å². The van der Waals surface area contributed by atoms with E-state index < -0.39 is 29.5 Å². The number of rotatable bonds is 6. The highest BCUT2D eigenvalue weighted by Crippen LogP contribution is 2.44. The summed E-state index contributed by atoms with van der Waals surface area (Å²) >= 11 is 0.897. The van der Waals surface area contributed by atoms with Crippen LogP contribution in [0.3, 0.4) is 0 Å². The third kappa shape index (κ3) is 4.35. The number of aromatic hydroxyl groups is 1. The summed E-state index contributed by atoms with van der Waals surface area (Å²) in [4.78, 5) is 44.3. The molecule has 1 amide bonds. The highest BCUT2D eigenvalue weighted by atomic mass is 32.1. The maximum absolute atomic E-state index is 13.2. The SMILES string of the molecule is CCOc1cccc(/C(O)=C2\C(=O)C(=O)N(c3nc(C)c(C(=O)OC)s3)C2c2cccc(O)c2)c1. The molecular formula is C25H22N2O7S. The molecule has 9 nitrogen and oxygen atoms in total. The van der Waals surface area contributed by atoms with Crippen LogP contribution in [0.25, 0.3) is 5.76 Å². The van der Waals surface area contributed by atoms with Gasteiger partial charge >= 0.3 is 11.9 Å². The number of thiazole rings is 1. The second-order valence-electron chi connectivity index (χ2n) is 7.63. The molecular weight excluding hydrogens is 472 g/mol. The number of nitrogens with zero attached hydrogens (tertiary/aromatic N) is 2. The van der Waals surface area contributed by atoms with Crippen LogP contribution in [0.4, 0.5) is 5.13 Å². The van der Waals surface area contributed by atoms with Crippen LogP contribution in [0.5, 0.6) is 11.5 Å². The summed E-state index contributed by atoms with van der Waals surface area (Å²) < 4.78 is 10.3. The van der Waals surface area contributed by atoms with Crippen molar-refractivity contribution in [2.45, 2.75) is 19.9 Å². The lowest BCUT2D eigenvalue weighted by atomic mass is 9.95. The number of phenols is 1. The predicted octanol–water partition coefficient (Wildman–Crippen LogP) is 3.97. The van der Waals surface area contributed by atoms with Crippen molar-refractivity contribution in [3.63, 3.8) is 0 Å². The van der Waals surface area contributed by atoms with Crippen LogP contribution >= 0.6 is 11.3 Å². The van der Waals surface area contributed by atoms with Gasteiger partial charge in [0.2, 0.25) is 0 Å². The minimum absolute atomic E-state index is 0.0838. The van der Waals surface area contributed by atoms with Crippen molar-refractivity contribution in [2.24, 2.45) is 0 Å². The Hall–Kier alpha value is -4.18. The van der Waals surface area contributed by atoms with Crippen molar-refractivity contribution in [1.29, 1.82) is 0 Å². The van der Waals surface area contributed by atoms with Crippen molar-refractivity contribution in [3.05, 3.63) is 75.8 Å². The largest absolute Gasteiger partial charge is 0.508 e. The molecule has 2 heterocycles. The van der Waals surface area contributed by atoms with Gasteiger partial charge in [0.1, 0.15) is 22.1 Å². The van der Waals surface area contributed by atoms with E-state index in [1.54, 1.807) is 43.3 Å². The topological polar surface area (TPSA) is 126 Å². The fourth-order valence-electron chi connectivity index (χ4n) is 3.86. The first-order valence-corrected chi connectivity index (χ1v) is 11.5. The first-order valence-electron chi connectivity index (χ1n) is 10.7. The standard InChI is InChI=1S/C25H22N2O7S/c1-4-34-17-10-6-8-15(12-17)20(29)18-19(14-7-5-9-16(28)11-14)27(23(31)21(18)30)25-26-13(2)22(35-25)24(32)33-3/h5-12,19,28-29H,4H2,1-3H3/b20-18+. The zero-order chi connectivity index (χ0) is 25.3. The molecule has 0 spiro atoms. The van der Waals surface area contributed by atoms with Crippen LogP contribution in [0.1, 0.15) is 39.5 Å². The van der Waals surface area contributed by atoms with Crippen molar-refractivity contribution in [3.8, 4) is 11.5 Å². The maximum Gasteiger partial charge on any atom is 0.350 e. The van der Waals surface area contributed by atoms with E-state index in [-0.39, 0.29) is 26.9 Å². The monoisotopic (exact) mass is 494 g/mol. The molecule has 1 unspecified atom stereocenters. The molecule has 1 atom stereocenters.